The summed E-state index contributed by atoms with van der Waals surface area (Å²) >= 11 is 6.09. The van der Waals surface area contributed by atoms with E-state index in [0.717, 1.165) is 48.9 Å². The first-order chi connectivity index (χ1) is 12.1. The molecule has 1 aliphatic rings. The molecule has 2 aromatic rings. The Kier molecular flexibility index (Phi) is 5.79. The first kappa shape index (κ1) is 17.6. The van der Waals surface area contributed by atoms with E-state index in [9.17, 15) is 4.79 Å². The van der Waals surface area contributed by atoms with Crippen molar-refractivity contribution in [2.75, 3.05) is 48.4 Å². The highest BCUT2D eigenvalue weighted by atomic mass is 35.5. The molecule has 0 radical (unpaired) electrons. The zero-order valence-electron chi connectivity index (χ0n) is 14.2. The minimum atomic E-state index is -0.109. The van der Waals surface area contributed by atoms with Crippen molar-refractivity contribution in [3.05, 3.63) is 53.1 Å². The monoisotopic (exact) mass is 359 g/mol. The molecule has 5 nitrogen and oxygen atoms in total. The van der Waals surface area contributed by atoms with Crippen molar-refractivity contribution >= 4 is 34.6 Å². The van der Waals surface area contributed by atoms with Crippen LogP contribution >= 0.6 is 11.6 Å². The average Bonchev–Trinajstić information content (AvgIpc) is 2.65. The number of carbonyl (C=O) groups excluding carboxylic acids is 1. The highest BCUT2D eigenvalue weighted by Crippen LogP contribution is 2.26. The highest BCUT2D eigenvalue weighted by molar-refractivity contribution is 6.31. The third-order valence-electron chi connectivity index (χ3n) is 4.24. The summed E-state index contributed by atoms with van der Waals surface area (Å²) in [5, 5.41) is 6.78. The fourth-order valence-corrected chi connectivity index (χ4v) is 2.99. The summed E-state index contributed by atoms with van der Waals surface area (Å²) in [6.45, 7) is 5.23. The number of amides is 1. The zero-order chi connectivity index (χ0) is 17.6. The fourth-order valence-electron chi connectivity index (χ4n) is 2.82. The molecular formula is C19H22ClN3O2. The van der Waals surface area contributed by atoms with E-state index < -0.39 is 0 Å². The number of carbonyl (C=O) groups is 1. The van der Waals surface area contributed by atoms with Crippen LogP contribution in [0.4, 0.5) is 17.1 Å². The maximum atomic E-state index is 12.3. The smallest absolute Gasteiger partial charge is 0.243 e. The van der Waals surface area contributed by atoms with Crippen molar-refractivity contribution in [3.8, 4) is 0 Å². The van der Waals surface area contributed by atoms with Gasteiger partial charge in [0.05, 0.1) is 31.1 Å². The number of hydrogen-bond acceptors (Lipinski definition) is 4. The number of para-hydroxylation sites is 2. The minimum Gasteiger partial charge on any atom is -0.378 e. The molecule has 0 aromatic heterocycles. The molecule has 1 amide bonds. The molecule has 0 spiro atoms. The maximum Gasteiger partial charge on any atom is 0.243 e. The van der Waals surface area contributed by atoms with Gasteiger partial charge >= 0.3 is 0 Å². The second kappa shape index (κ2) is 8.23. The van der Waals surface area contributed by atoms with Crippen LogP contribution in [0.3, 0.4) is 0 Å². The summed E-state index contributed by atoms with van der Waals surface area (Å²) < 4.78 is 5.41. The van der Waals surface area contributed by atoms with E-state index in [1.54, 1.807) is 0 Å². The van der Waals surface area contributed by atoms with Gasteiger partial charge in [-0.1, -0.05) is 29.8 Å². The molecule has 1 fully saturated rings. The molecular weight excluding hydrogens is 338 g/mol. The summed E-state index contributed by atoms with van der Waals surface area (Å²) in [5.41, 5.74) is 3.65. The molecule has 0 aliphatic carbocycles. The molecule has 25 heavy (non-hydrogen) atoms. The van der Waals surface area contributed by atoms with E-state index in [0.29, 0.717) is 5.02 Å². The Balaban J connectivity index is 1.63. The largest absolute Gasteiger partial charge is 0.378 e. The van der Waals surface area contributed by atoms with Gasteiger partial charge < -0.3 is 20.3 Å². The van der Waals surface area contributed by atoms with Gasteiger partial charge in [0.2, 0.25) is 5.91 Å². The van der Waals surface area contributed by atoms with Crippen LogP contribution in [0.1, 0.15) is 5.56 Å². The number of benzene rings is 2. The van der Waals surface area contributed by atoms with Gasteiger partial charge in [-0.3, -0.25) is 4.79 Å². The van der Waals surface area contributed by atoms with E-state index in [4.69, 9.17) is 16.3 Å². The zero-order valence-corrected chi connectivity index (χ0v) is 15.0. The Labute approximate surface area is 152 Å². The van der Waals surface area contributed by atoms with Crippen LogP contribution < -0.4 is 15.5 Å². The Morgan fingerprint density at radius 3 is 2.64 bits per heavy atom. The lowest BCUT2D eigenvalue weighted by molar-refractivity contribution is -0.114. The third kappa shape index (κ3) is 4.44. The van der Waals surface area contributed by atoms with Gasteiger partial charge in [-0.05, 0) is 36.8 Å². The molecule has 0 unspecified atom stereocenters. The summed E-state index contributed by atoms with van der Waals surface area (Å²) in [6.07, 6.45) is 0. The van der Waals surface area contributed by atoms with Crippen molar-refractivity contribution in [1.82, 2.24) is 0 Å². The van der Waals surface area contributed by atoms with E-state index in [1.807, 2.05) is 43.3 Å². The van der Waals surface area contributed by atoms with E-state index in [1.165, 1.54) is 0 Å². The van der Waals surface area contributed by atoms with Crippen molar-refractivity contribution in [3.63, 3.8) is 0 Å². The van der Waals surface area contributed by atoms with Gasteiger partial charge in [-0.15, -0.1) is 0 Å². The Morgan fingerprint density at radius 1 is 1.12 bits per heavy atom. The second-order valence-corrected chi connectivity index (χ2v) is 6.34. The lowest BCUT2D eigenvalue weighted by atomic mass is 10.2. The van der Waals surface area contributed by atoms with Gasteiger partial charge in [-0.2, -0.15) is 0 Å². The third-order valence-corrected chi connectivity index (χ3v) is 4.65. The molecule has 0 bridgehead atoms. The molecule has 3 rings (SSSR count). The Hall–Kier alpha value is -2.24. The van der Waals surface area contributed by atoms with Crippen molar-refractivity contribution in [1.29, 1.82) is 0 Å². The molecule has 1 saturated heterocycles. The molecule has 2 N–H and O–H groups in total. The van der Waals surface area contributed by atoms with Gasteiger partial charge in [0, 0.05) is 23.8 Å². The average molecular weight is 360 g/mol. The first-order valence-corrected chi connectivity index (χ1v) is 8.73. The number of ether oxygens (including phenoxy) is 1. The molecule has 2 aromatic carbocycles. The van der Waals surface area contributed by atoms with Gasteiger partial charge in [0.25, 0.3) is 0 Å². The van der Waals surface area contributed by atoms with Crippen LogP contribution in [-0.4, -0.2) is 38.8 Å². The predicted octanol–water partition coefficient (Wildman–Crippen LogP) is 3.54. The number of rotatable bonds is 5. The minimum absolute atomic E-state index is 0.109. The molecule has 0 saturated carbocycles. The number of nitrogens with zero attached hydrogens (tertiary/aromatic N) is 1. The topological polar surface area (TPSA) is 53.6 Å². The number of anilines is 3. The summed E-state index contributed by atoms with van der Waals surface area (Å²) in [5.74, 6) is -0.109. The normalized spacial score (nSPS) is 14.2. The van der Waals surface area contributed by atoms with Crippen LogP contribution in [0.2, 0.25) is 5.02 Å². The van der Waals surface area contributed by atoms with Crippen LogP contribution in [-0.2, 0) is 9.53 Å². The molecule has 132 valence electrons. The number of morpholine rings is 1. The second-order valence-electron chi connectivity index (χ2n) is 5.93. The number of nitrogens with one attached hydrogen (secondary N) is 2. The van der Waals surface area contributed by atoms with Crippen LogP contribution in [0.5, 0.6) is 0 Å². The fraction of sp³-hybridized carbons (Fsp3) is 0.316. The standard InChI is InChI=1S/C19H22ClN3O2/c1-14-15(20)5-4-7-16(14)22-19(24)13-21-17-6-2-3-8-18(17)23-9-11-25-12-10-23/h2-8,21H,9-13H2,1H3,(H,22,24). The number of halogens is 1. The summed E-state index contributed by atoms with van der Waals surface area (Å²) in [4.78, 5) is 14.6. The van der Waals surface area contributed by atoms with Gasteiger partial charge in [0.1, 0.15) is 0 Å². The van der Waals surface area contributed by atoms with E-state index in [2.05, 4.69) is 21.6 Å². The summed E-state index contributed by atoms with van der Waals surface area (Å²) in [6, 6.07) is 13.5. The highest BCUT2D eigenvalue weighted by Gasteiger charge is 2.15. The Bertz CT molecular complexity index is 745. The van der Waals surface area contributed by atoms with Crippen molar-refractivity contribution in [2.45, 2.75) is 6.92 Å². The maximum absolute atomic E-state index is 12.3. The van der Waals surface area contributed by atoms with Crippen molar-refractivity contribution < 1.29 is 9.53 Å². The molecule has 1 aliphatic heterocycles. The van der Waals surface area contributed by atoms with Crippen LogP contribution in [0, 0.1) is 6.92 Å². The van der Waals surface area contributed by atoms with E-state index in [-0.39, 0.29) is 12.5 Å². The lowest BCUT2D eigenvalue weighted by Crippen LogP contribution is -2.36. The number of hydrogen-bond donors (Lipinski definition) is 2. The quantitative estimate of drug-likeness (QED) is 0.857. The molecule has 6 heteroatoms. The lowest BCUT2D eigenvalue weighted by Gasteiger charge is -2.30. The Morgan fingerprint density at radius 2 is 1.84 bits per heavy atom. The van der Waals surface area contributed by atoms with Crippen molar-refractivity contribution in [2.24, 2.45) is 0 Å². The van der Waals surface area contributed by atoms with E-state index >= 15 is 0 Å². The predicted molar refractivity (Wildman–Crippen MR) is 103 cm³/mol. The van der Waals surface area contributed by atoms with Crippen LogP contribution in [0.15, 0.2) is 42.5 Å². The first-order valence-electron chi connectivity index (χ1n) is 8.35. The SMILES string of the molecule is Cc1c(Cl)cccc1NC(=O)CNc1ccccc1N1CCOCC1. The van der Waals surface area contributed by atoms with Gasteiger partial charge in [0.15, 0.2) is 0 Å². The molecule has 0 atom stereocenters. The molecule has 1 heterocycles. The summed E-state index contributed by atoms with van der Waals surface area (Å²) in [7, 11) is 0. The van der Waals surface area contributed by atoms with Crippen LogP contribution in [0.25, 0.3) is 0 Å². The van der Waals surface area contributed by atoms with Gasteiger partial charge in [-0.25, -0.2) is 0 Å².